The lowest BCUT2D eigenvalue weighted by molar-refractivity contribution is -0.357. The van der Waals surface area contributed by atoms with E-state index < -0.39 is 116 Å². The Balaban J connectivity index is 2.66. The zero-order valence-corrected chi connectivity index (χ0v) is 25.1. The fourth-order valence-electron chi connectivity index (χ4n) is 4.49. The van der Waals surface area contributed by atoms with Crippen LogP contribution in [0.1, 0.15) is 48.5 Å². The van der Waals surface area contributed by atoms with Gasteiger partial charge >= 0.3 is 41.8 Å². The average Bonchev–Trinajstić information content (AvgIpc) is 2.87. The van der Waals surface area contributed by atoms with Crippen molar-refractivity contribution >= 4 is 41.8 Å². The summed E-state index contributed by atoms with van der Waals surface area (Å²) in [6.45, 7) is 6.11. The molecule has 6 unspecified atom stereocenters. The topological polar surface area (TPSA) is 232 Å². The second-order valence-corrected chi connectivity index (χ2v) is 9.68. The number of esters is 7. The summed E-state index contributed by atoms with van der Waals surface area (Å²) >= 11 is 0. The smallest absolute Gasteiger partial charge is 0.303 e. The van der Waals surface area contributed by atoms with Gasteiger partial charge in [0.25, 0.3) is 0 Å². The monoisotopic (exact) mass is 636 g/mol. The maximum absolute atomic E-state index is 12.2. The zero-order valence-electron chi connectivity index (χ0n) is 25.1. The lowest BCUT2D eigenvalue weighted by Gasteiger charge is -2.48. The molecular weight excluding hydrogens is 600 g/mol. The van der Waals surface area contributed by atoms with Crippen molar-refractivity contribution < 1.29 is 86.0 Å². The van der Waals surface area contributed by atoms with Crippen LogP contribution in [0, 0.1) is 0 Å². The molecular formula is C26H36O18. The maximum Gasteiger partial charge on any atom is 0.303 e. The second-order valence-electron chi connectivity index (χ2n) is 9.68. The van der Waals surface area contributed by atoms with Gasteiger partial charge in [-0.25, -0.2) is 0 Å². The van der Waals surface area contributed by atoms with E-state index in [0.29, 0.717) is 0 Å². The Bertz CT molecular complexity index is 1090. The highest BCUT2D eigenvalue weighted by Gasteiger charge is 2.57. The molecule has 44 heavy (non-hydrogen) atoms. The van der Waals surface area contributed by atoms with Crippen LogP contribution in [0.5, 0.6) is 0 Å². The number of carbonyl (C=O) groups is 7. The highest BCUT2D eigenvalue weighted by Crippen LogP contribution is 2.34. The van der Waals surface area contributed by atoms with Gasteiger partial charge in [0, 0.05) is 48.5 Å². The van der Waals surface area contributed by atoms with Crippen LogP contribution in [0.4, 0.5) is 0 Å². The van der Waals surface area contributed by atoms with E-state index in [1.807, 2.05) is 0 Å². The maximum atomic E-state index is 12.2. The predicted molar refractivity (Wildman–Crippen MR) is 135 cm³/mol. The molecule has 18 heteroatoms. The van der Waals surface area contributed by atoms with Crippen LogP contribution in [0.25, 0.3) is 0 Å². The van der Waals surface area contributed by atoms with E-state index in [2.05, 4.69) is 0 Å². The van der Waals surface area contributed by atoms with Crippen LogP contribution in [0.15, 0.2) is 0 Å². The minimum Gasteiger partial charge on any atom is -0.463 e. The number of carbonyl (C=O) groups excluding carboxylic acids is 7. The quantitative estimate of drug-likeness (QED) is 0.203. The Morgan fingerprint density at radius 2 is 0.841 bits per heavy atom. The van der Waals surface area contributed by atoms with E-state index in [1.165, 1.54) is 0 Å². The molecule has 2 rings (SSSR count). The molecule has 2 saturated heterocycles. The molecule has 2 aliphatic rings. The van der Waals surface area contributed by atoms with Crippen LogP contribution in [-0.2, 0) is 80.9 Å². The van der Waals surface area contributed by atoms with Gasteiger partial charge in [-0.15, -0.1) is 0 Å². The van der Waals surface area contributed by atoms with Gasteiger partial charge in [0.2, 0.25) is 0 Å². The highest BCUT2D eigenvalue weighted by atomic mass is 16.8. The normalized spacial score (nSPS) is 31.5. The van der Waals surface area contributed by atoms with Gasteiger partial charge in [-0.3, -0.25) is 33.6 Å². The van der Waals surface area contributed by atoms with Gasteiger partial charge in [-0.2, -0.15) is 0 Å². The van der Waals surface area contributed by atoms with Gasteiger partial charge in [0.05, 0.1) is 0 Å². The second kappa shape index (κ2) is 16.3. The first-order chi connectivity index (χ1) is 20.5. The highest BCUT2D eigenvalue weighted by molar-refractivity contribution is 5.69. The summed E-state index contributed by atoms with van der Waals surface area (Å²) in [5.41, 5.74) is 0. The van der Waals surface area contributed by atoms with Crippen molar-refractivity contribution in [3.63, 3.8) is 0 Å². The number of hydrogen-bond donors (Lipinski definition) is 1. The molecule has 0 aliphatic carbocycles. The van der Waals surface area contributed by atoms with Gasteiger partial charge in [-0.05, 0) is 0 Å². The molecule has 10 atom stereocenters. The van der Waals surface area contributed by atoms with Crippen LogP contribution in [0.2, 0.25) is 0 Å². The fourth-order valence-corrected chi connectivity index (χ4v) is 4.49. The SMILES string of the molecule is CC(=O)OCC1OC(O)[C@@H](OC(C)=O)C(OC(C)=O)[C@@H]1O[C@@H]1OC(COC(C)=O)[C@H](OC(C)=O)C(OC(C)=O)C1OC(C)=O. The van der Waals surface area contributed by atoms with Crippen molar-refractivity contribution in [2.45, 2.75) is 110 Å². The number of aliphatic hydroxyl groups excluding tert-OH is 1. The Kier molecular flexibility index (Phi) is 13.4. The molecule has 0 aromatic rings. The van der Waals surface area contributed by atoms with Crippen molar-refractivity contribution in [2.75, 3.05) is 13.2 Å². The summed E-state index contributed by atoms with van der Waals surface area (Å²) < 4.78 is 54.1. The van der Waals surface area contributed by atoms with Crippen LogP contribution < -0.4 is 0 Å². The number of hydrogen-bond acceptors (Lipinski definition) is 18. The molecule has 0 amide bonds. The molecule has 2 heterocycles. The lowest BCUT2D eigenvalue weighted by Crippen LogP contribution is -2.67. The zero-order chi connectivity index (χ0) is 33.3. The molecule has 1 N–H and O–H groups in total. The van der Waals surface area contributed by atoms with Gasteiger partial charge in [-0.1, -0.05) is 0 Å². The standard InChI is InChI=1S/C26H36O18/c1-10(27)35-8-17-20(21(38-13(4)30)23(25(34)42-17)40-15(6)32)44-26-24(41-16(7)33)22(39-14(5)31)19(37-12(3)29)18(43-26)9-36-11(2)28/h17-26,34H,8-9H2,1-7H3/t17?,18?,19-,20+,21?,22?,23-,24?,25?,26-/m0/s1. The van der Waals surface area contributed by atoms with Crippen molar-refractivity contribution in [3.05, 3.63) is 0 Å². The van der Waals surface area contributed by atoms with Crippen LogP contribution in [0.3, 0.4) is 0 Å². The summed E-state index contributed by atoms with van der Waals surface area (Å²) in [5, 5.41) is 10.6. The molecule has 0 aromatic carbocycles. The number of ether oxygens (including phenoxy) is 10. The van der Waals surface area contributed by atoms with E-state index in [1.54, 1.807) is 0 Å². The third-order valence-electron chi connectivity index (χ3n) is 5.90. The summed E-state index contributed by atoms with van der Waals surface area (Å²) in [7, 11) is 0. The third-order valence-corrected chi connectivity index (χ3v) is 5.90. The molecule has 0 saturated carbocycles. The lowest BCUT2D eigenvalue weighted by atomic mass is 9.96. The summed E-state index contributed by atoms with van der Waals surface area (Å²) in [6, 6.07) is 0. The van der Waals surface area contributed by atoms with Crippen LogP contribution >= 0.6 is 0 Å². The Morgan fingerprint density at radius 1 is 0.477 bits per heavy atom. The minimum absolute atomic E-state index is 0.572. The average molecular weight is 637 g/mol. The summed E-state index contributed by atoms with van der Waals surface area (Å²) in [6.07, 6.45) is -16.3. The first kappa shape index (κ1) is 36.3. The number of aliphatic hydroxyl groups is 1. The Labute approximate surface area is 251 Å². The molecule has 0 radical (unpaired) electrons. The molecule has 0 spiro atoms. The molecule has 2 aliphatic heterocycles. The van der Waals surface area contributed by atoms with Crippen LogP contribution in [-0.4, -0.2) is 122 Å². The fraction of sp³-hybridized carbons (Fsp3) is 0.731. The van der Waals surface area contributed by atoms with E-state index in [0.717, 1.165) is 48.5 Å². The van der Waals surface area contributed by atoms with E-state index in [9.17, 15) is 38.7 Å². The van der Waals surface area contributed by atoms with Gasteiger partial charge in [0.15, 0.2) is 43.1 Å². The van der Waals surface area contributed by atoms with Crippen molar-refractivity contribution in [1.29, 1.82) is 0 Å². The van der Waals surface area contributed by atoms with E-state index in [4.69, 9.17) is 47.4 Å². The van der Waals surface area contributed by atoms with Gasteiger partial charge in [0.1, 0.15) is 31.5 Å². The predicted octanol–water partition coefficient (Wildman–Crippen LogP) is -1.40. The van der Waals surface area contributed by atoms with Gasteiger partial charge < -0.3 is 52.5 Å². The van der Waals surface area contributed by atoms with Crippen molar-refractivity contribution in [3.8, 4) is 0 Å². The van der Waals surface area contributed by atoms with E-state index >= 15 is 0 Å². The number of rotatable bonds is 11. The Morgan fingerprint density at radius 3 is 1.27 bits per heavy atom. The molecule has 248 valence electrons. The molecule has 2 fully saturated rings. The first-order valence-corrected chi connectivity index (χ1v) is 13.3. The molecule has 0 bridgehead atoms. The third kappa shape index (κ3) is 10.7. The minimum atomic E-state index is -1.90. The Hall–Kier alpha value is -3.87. The van der Waals surface area contributed by atoms with Crippen molar-refractivity contribution in [1.82, 2.24) is 0 Å². The van der Waals surface area contributed by atoms with E-state index in [-0.39, 0.29) is 0 Å². The molecule has 18 nitrogen and oxygen atoms in total. The first-order valence-electron chi connectivity index (χ1n) is 13.3. The molecule has 0 aromatic heterocycles. The largest absolute Gasteiger partial charge is 0.463 e. The summed E-state index contributed by atoms with van der Waals surface area (Å²) in [5.74, 6) is -6.03. The van der Waals surface area contributed by atoms with Crippen molar-refractivity contribution in [2.24, 2.45) is 0 Å². The summed E-state index contributed by atoms with van der Waals surface area (Å²) in [4.78, 5) is 83.5.